The molecular formula is C24H40N4. The topological polar surface area (TPSA) is 24.3 Å². The Labute approximate surface area is 171 Å². The molecule has 0 atom stereocenters. The SMILES string of the molecule is CC.CCc1cn(C2CCN(CCC3CCN(C)CC3)CC2)c2ccncc12. The molecule has 2 aliphatic rings. The van der Waals surface area contributed by atoms with E-state index < -0.39 is 0 Å². The number of hydrogen-bond acceptors (Lipinski definition) is 3. The predicted molar refractivity (Wildman–Crippen MR) is 120 cm³/mol. The van der Waals surface area contributed by atoms with E-state index in [0.717, 1.165) is 12.3 Å². The van der Waals surface area contributed by atoms with Crippen LogP contribution in [-0.4, -0.2) is 59.1 Å². The molecule has 2 fully saturated rings. The third-order valence-corrected chi connectivity index (χ3v) is 6.74. The van der Waals surface area contributed by atoms with Crippen molar-refractivity contribution in [2.24, 2.45) is 5.92 Å². The first kappa shape index (κ1) is 21.3. The van der Waals surface area contributed by atoms with Gasteiger partial charge in [0, 0.05) is 43.1 Å². The first-order chi connectivity index (χ1) is 13.7. The Morgan fingerprint density at radius 2 is 1.75 bits per heavy atom. The average Bonchev–Trinajstić information content (AvgIpc) is 3.14. The van der Waals surface area contributed by atoms with Gasteiger partial charge in [-0.05, 0) is 82.8 Å². The predicted octanol–water partition coefficient (Wildman–Crippen LogP) is 4.99. The van der Waals surface area contributed by atoms with Gasteiger partial charge in [0.2, 0.25) is 0 Å². The maximum Gasteiger partial charge on any atom is 0.0516 e. The quantitative estimate of drug-likeness (QED) is 0.725. The maximum absolute atomic E-state index is 4.34. The Kier molecular flexibility index (Phi) is 7.92. The summed E-state index contributed by atoms with van der Waals surface area (Å²) in [4.78, 5) is 9.53. The summed E-state index contributed by atoms with van der Waals surface area (Å²) in [6.07, 6.45) is 14.2. The molecule has 28 heavy (non-hydrogen) atoms. The smallest absolute Gasteiger partial charge is 0.0516 e. The number of aromatic nitrogens is 2. The van der Waals surface area contributed by atoms with E-state index in [0.29, 0.717) is 6.04 Å². The first-order valence-corrected chi connectivity index (χ1v) is 11.6. The monoisotopic (exact) mass is 384 g/mol. The second kappa shape index (κ2) is 10.4. The summed E-state index contributed by atoms with van der Waals surface area (Å²) in [7, 11) is 2.26. The van der Waals surface area contributed by atoms with E-state index in [1.54, 1.807) is 0 Å². The van der Waals surface area contributed by atoms with Crippen LogP contribution in [0.2, 0.25) is 0 Å². The number of rotatable bonds is 5. The van der Waals surface area contributed by atoms with Gasteiger partial charge in [0.25, 0.3) is 0 Å². The molecule has 4 heteroatoms. The van der Waals surface area contributed by atoms with Crippen LogP contribution in [0.1, 0.15) is 64.5 Å². The maximum atomic E-state index is 4.34. The van der Waals surface area contributed by atoms with Crippen LogP contribution < -0.4 is 0 Å². The number of aryl methyl sites for hydroxylation is 1. The van der Waals surface area contributed by atoms with Crippen molar-refractivity contribution in [3.8, 4) is 0 Å². The number of fused-ring (bicyclic) bond motifs is 1. The lowest BCUT2D eigenvalue weighted by Gasteiger charge is -2.35. The summed E-state index contributed by atoms with van der Waals surface area (Å²) in [5.74, 6) is 0.955. The van der Waals surface area contributed by atoms with E-state index >= 15 is 0 Å². The normalized spacial score (nSPS) is 20.3. The van der Waals surface area contributed by atoms with Crippen molar-refractivity contribution in [1.29, 1.82) is 0 Å². The van der Waals surface area contributed by atoms with Crippen LogP contribution in [0.4, 0.5) is 0 Å². The summed E-state index contributed by atoms with van der Waals surface area (Å²) < 4.78 is 2.55. The van der Waals surface area contributed by atoms with Crippen molar-refractivity contribution < 1.29 is 0 Å². The Bertz CT molecular complexity index is 706. The fourth-order valence-electron chi connectivity index (χ4n) is 4.89. The van der Waals surface area contributed by atoms with Crippen molar-refractivity contribution >= 4 is 10.9 Å². The molecule has 0 radical (unpaired) electrons. The van der Waals surface area contributed by atoms with E-state index in [-0.39, 0.29) is 0 Å². The summed E-state index contributed by atoms with van der Waals surface area (Å²) >= 11 is 0. The Morgan fingerprint density at radius 1 is 1.04 bits per heavy atom. The largest absolute Gasteiger partial charge is 0.344 e. The third-order valence-electron chi connectivity index (χ3n) is 6.74. The molecule has 0 amide bonds. The van der Waals surface area contributed by atoms with Gasteiger partial charge in [-0.3, -0.25) is 4.98 Å². The van der Waals surface area contributed by atoms with Gasteiger partial charge in [-0.15, -0.1) is 0 Å². The highest BCUT2D eigenvalue weighted by molar-refractivity contribution is 5.83. The molecule has 2 saturated heterocycles. The molecule has 0 bridgehead atoms. The number of piperidine rings is 2. The van der Waals surface area contributed by atoms with Crippen molar-refractivity contribution in [2.45, 2.75) is 65.3 Å². The highest BCUT2D eigenvalue weighted by Crippen LogP contribution is 2.30. The Morgan fingerprint density at radius 3 is 2.43 bits per heavy atom. The van der Waals surface area contributed by atoms with Gasteiger partial charge in [0.05, 0.1) is 5.52 Å². The van der Waals surface area contributed by atoms with E-state index in [1.807, 2.05) is 26.2 Å². The van der Waals surface area contributed by atoms with Gasteiger partial charge in [-0.1, -0.05) is 20.8 Å². The molecule has 0 aromatic carbocycles. The second-order valence-electron chi connectivity index (χ2n) is 8.42. The third kappa shape index (κ3) is 4.96. The second-order valence-corrected chi connectivity index (χ2v) is 8.42. The van der Waals surface area contributed by atoms with Crippen LogP contribution >= 0.6 is 0 Å². The lowest BCUT2D eigenvalue weighted by atomic mass is 9.93. The molecule has 4 nitrogen and oxygen atoms in total. The minimum Gasteiger partial charge on any atom is -0.344 e. The van der Waals surface area contributed by atoms with Crippen LogP contribution in [0.15, 0.2) is 24.7 Å². The highest BCUT2D eigenvalue weighted by Gasteiger charge is 2.23. The Hall–Kier alpha value is -1.39. The molecule has 2 aromatic rings. The van der Waals surface area contributed by atoms with Crippen molar-refractivity contribution in [3.05, 3.63) is 30.2 Å². The number of nitrogens with zero attached hydrogens (tertiary/aromatic N) is 4. The number of hydrogen-bond donors (Lipinski definition) is 0. The fourth-order valence-corrected chi connectivity index (χ4v) is 4.89. The summed E-state index contributed by atoms with van der Waals surface area (Å²) in [5.41, 5.74) is 2.82. The van der Waals surface area contributed by atoms with Crippen molar-refractivity contribution in [3.63, 3.8) is 0 Å². The highest BCUT2D eigenvalue weighted by atomic mass is 15.2. The van der Waals surface area contributed by atoms with E-state index in [4.69, 9.17) is 0 Å². The molecule has 4 rings (SSSR count). The van der Waals surface area contributed by atoms with Crippen LogP contribution in [-0.2, 0) is 6.42 Å². The zero-order valence-corrected chi connectivity index (χ0v) is 18.5. The fraction of sp³-hybridized carbons (Fsp3) is 0.708. The minimum absolute atomic E-state index is 0.653. The van der Waals surface area contributed by atoms with Crippen molar-refractivity contribution in [2.75, 3.05) is 39.8 Å². The molecule has 2 aliphatic heterocycles. The molecule has 0 unspecified atom stereocenters. The van der Waals surface area contributed by atoms with E-state index in [9.17, 15) is 0 Å². The van der Waals surface area contributed by atoms with E-state index in [1.165, 1.54) is 81.3 Å². The van der Waals surface area contributed by atoms with Crippen LogP contribution in [0, 0.1) is 5.92 Å². The standard InChI is InChI=1S/C22H34N4.C2H6/c1-3-19-17-26(22-4-10-23-16-21(19)22)20-8-14-25(15-9-20)13-7-18-5-11-24(2)12-6-18;1-2/h4,10,16-18,20H,3,5-9,11-15H2,1-2H3;1-2H3. The average molecular weight is 385 g/mol. The van der Waals surface area contributed by atoms with Crippen LogP contribution in [0.25, 0.3) is 10.9 Å². The molecule has 4 heterocycles. The lowest BCUT2D eigenvalue weighted by molar-refractivity contribution is 0.156. The van der Waals surface area contributed by atoms with E-state index in [2.05, 4.69) is 45.6 Å². The Balaban J connectivity index is 0.00000109. The zero-order valence-electron chi connectivity index (χ0n) is 18.5. The number of likely N-dealkylation sites (tertiary alicyclic amines) is 2. The van der Waals surface area contributed by atoms with Gasteiger partial charge >= 0.3 is 0 Å². The molecule has 0 saturated carbocycles. The molecule has 156 valence electrons. The number of pyridine rings is 1. The van der Waals surface area contributed by atoms with Crippen LogP contribution in [0.5, 0.6) is 0 Å². The molecule has 2 aromatic heterocycles. The summed E-state index contributed by atoms with van der Waals surface area (Å²) in [6, 6.07) is 2.85. The van der Waals surface area contributed by atoms with Gasteiger partial charge < -0.3 is 14.4 Å². The van der Waals surface area contributed by atoms with Crippen molar-refractivity contribution in [1.82, 2.24) is 19.4 Å². The molecule has 0 N–H and O–H groups in total. The zero-order chi connectivity index (χ0) is 19.9. The first-order valence-electron chi connectivity index (χ1n) is 11.6. The lowest BCUT2D eigenvalue weighted by Crippen LogP contribution is -2.37. The summed E-state index contributed by atoms with van der Waals surface area (Å²) in [6.45, 7) is 12.6. The molecule has 0 spiro atoms. The van der Waals surface area contributed by atoms with Gasteiger partial charge in [-0.2, -0.15) is 0 Å². The van der Waals surface area contributed by atoms with Gasteiger partial charge in [0.15, 0.2) is 0 Å². The minimum atomic E-state index is 0.653. The summed E-state index contributed by atoms with van der Waals surface area (Å²) in [5, 5.41) is 1.35. The molecular weight excluding hydrogens is 344 g/mol. The van der Waals surface area contributed by atoms with Crippen LogP contribution in [0.3, 0.4) is 0 Å². The van der Waals surface area contributed by atoms with Gasteiger partial charge in [0.1, 0.15) is 0 Å². The van der Waals surface area contributed by atoms with Gasteiger partial charge in [-0.25, -0.2) is 0 Å². The molecule has 0 aliphatic carbocycles.